The first-order chi connectivity index (χ1) is 13.1. The number of carbonyl (C=O) groups excluding carboxylic acids is 3. The Kier molecular flexibility index (Phi) is 5.50. The number of piperidine rings is 1. The minimum absolute atomic E-state index is 0.128. The highest BCUT2D eigenvalue weighted by Crippen LogP contribution is 2.28. The van der Waals surface area contributed by atoms with E-state index in [1.165, 1.54) is 0 Å². The van der Waals surface area contributed by atoms with Gasteiger partial charge in [-0.25, -0.2) is 0 Å². The highest BCUT2D eigenvalue weighted by atomic mass is 16.2. The van der Waals surface area contributed by atoms with E-state index in [0.29, 0.717) is 24.8 Å². The van der Waals surface area contributed by atoms with Crippen LogP contribution in [-0.4, -0.2) is 71.7 Å². The SMILES string of the molecule is O=C1CC(C(=O)N2CCCC2)CN1CC1CCN(C(=O)C2CC=CC2)CC1. The summed E-state index contributed by atoms with van der Waals surface area (Å²) < 4.78 is 0. The number of rotatable bonds is 4. The van der Waals surface area contributed by atoms with Crippen LogP contribution in [0.4, 0.5) is 0 Å². The van der Waals surface area contributed by atoms with Gasteiger partial charge in [0.2, 0.25) is 17.7 Å². The molecule has 0 aromatic heterocycles. The predicted octanol–water partition coefficient (Wildman–Crippen LogP) is 1.66. The number of hydrogen-bond acceptors (Lipinski definition) is 3. The first kappa shape index (κ1) is 18.5. The molecule has 3 aliphatic heterocycles. The molecule has 1 atom stereocenters. The third-order valence-corrected chi connectivity index (χ3v) is 6.74. The second kappa shape index (κ2) is 8.03. The minimum Gasteiger partial charge on any atom is -0.342 e. The monoisotopic (exact) mass is 373 g/mol. The molecule has 4 rings (SSSR count). The number of amides is 3. The number of carbonyl (C=O) groups is 3. The Labute approximate surface area is 161 Å². The summed E-state index contributed by atoms with van der Waals surface area (Å²) in [6.07, 6.45) is 10.4. The van der Waals surface area contributed by atoms with Gasteiger partial charge in [-0.15, -0.1) is 0 Å². The minimum atomic E-state index is -0.146. The quantitative estimate of drug-likeness (QED) is 0.704. The molecule has 3 heterocycles. The Morgan fingerprint density at radius 3 is 2.15 bits per heavy atom. The van der Waals surface area contributed by atoms with Crippen molar-refractivity contribution in [2.75, 3.05) is 39.3 Å². The van der Waals surface area contributed by atoms with Gasteiger partial charge in [0.1, 0.15) is 0 Å². The van der Waals surface area contributed by atoms with Crippen LogP contribution in [0.3, 0.4) is 0 Å². The molecule has 148 valence electrons. The summed E-state index contributed by atoms with van der Waals surface area (Å²) in [5, 5.41) is 0. The van der Waals surface area contributed by atoms with Crippen LogP contribution in [0.1, 0.15) is 44.9 Å². The van der Waals surface area contributed by atoms with E-state index in [-0.39, 0.29) is 23.7 Å². The van der Waals surface area contributed by atoms with Crippen LogP contribution in [0.15, 0.2) is 12.2 Å². The number of nitrogens with zero attached hydrogens (tertiary/aromatic N) is 3. The third-order valence-electron chi connectivity index (χ3n) is 6.74. The summed E-state index contributed by atoms with van der Waals surface area (Å²) in [5.41, 5.74) is 0. The Balaban J connectivity index is 1.23. The van der Waals surface area contributed by atoms with Crippen LogP contribution >= 0.6 is 0 Å². The molecule has 0 aromatic carbocycles. The van der Waals surface area contributed by atoms with Gasteiger partial charge in [-0.3, -0.25) is 14.4 Å². The van der Waals surface area contributed by atoms with E-state index in [2.05, 4.69) is 12.2 Å². The van der Waals surface area contributed by atoms with Crippen LogP contribution in [-0.2, 0) is 14.4 Å². The second-order valence-electron chi connectivity index (χ2n) is 8.64. The molecule has 0 spiro atoms. The molecule has 0 saturated carbocycles. The lowest BCUT2D eigenvalue weighted by Gasteiger charge is -2.35. The molecule has 0 radical (unpaired) electrons. The van der Waals surface area contributed by atoms with Crippen LogP contribution < -0.4 is 0 Å². The van der Waals surface area contributed by atoms with Crippen molar-refractivity contribution < 1.29 is 14.4 Å². The first-order valence-electron chi connectivity index (χ1n) is 10.6. The van der Waals surface area contributed by atoms with Crippen molar-refractivity contribution in [3.8, 4) is 0 Å². The maximum Gasteiger partial charge on any atom is 0.227 e. The maximum absolute atomic E-state index is 12.6. The molecule has 3 fully saturated rings. The summed E-state index contributed by atoms with van der Waals surface area (Å²) in [5.74, 6) is 1.05. The average Bonchev–Trinajstić information content (AvgIpc) is 3.44. The van der Waals surface area contributed by atoms with E-state index in [9.17, 15) is 14.4 Å². The van der Waals surface area contributed by atoms with Crippen molar-refractivity contribution in [3.63, 3.8) is 0 Å². The normalized spacial score (nSPS) is 27.2. The molecule has 3 saturated heterocycles. The Hall–Kier alpha value is -1.85. The molecule has 6 nitrogen and oxygen atoms in total. The molecule has 6 heteroatoms. The smallest absolute Gasteiger partial charge is 0.227 e. The van der Waals surface area contributed by atoms with Crippen LogP contribution in [0.2, 0.25) is 0 Å². The van der Waals surface area contributed by atoms with Gasteiger partial charge < -0.3 is 14.7 Å². The molecule has 3 amide bonds. The summed E-state index contributed by atoms with van der Waals surface area (Å²) in [4.78, 5) is 43.4. The number of likely N-dealkylation sites (tertiary alicyclic amines) is 3. The van der Waals surface area contributed by atoms with Crippen molar-refractivity contribution in [1.82, 2.24) is 14.7 Å². The zero-order chi connectivity index (χ0) is 18.8. The first-order valence-corrected chi connectivity index (χ1v) is 10.6. The van der Waals surface area contributed by atoms with Crippen molar-refractivity contribution in [3.05, 3.63) is 12.2 Å². The van der Waals surface area contributed by atoms with Gasteiger partial charge in [0.15, 0.2) is 0 Å². The highest BCUT2D eigenvalue weighted by Gasteiger charge is 2.38. The Morgan fingerprint density at radius 1 is 0.889 bits per heavy atom. The molecule has 1 aliphatic carbocycles. The van der Waals surface area contributed by atoms with E-state index >= 15 is 0 Å². The number of allylic oxidation sites excluding steroid dienone is 2. The topological polar surface area (TPSA) is 60.9 Å². The molecule has 0 aromatic rings. The maximum atomic E-state index is 12.6. The summed E-state index contributed by atoms with van der Waals surface area (Å²) >= 11 is 0. The van der Waals surface area contributed by atoms with E-state index in [1.807, 2.05) is 14.7 Å². The Bertz CT molecular complexity index is 610. The number of hydrogen-bond donors (Lipinski definition) is 0. The summed E-state index contributed by atoms with van der Waals surface area (Å²) in [7, 11) is 0. The molecular weight excluding hydrogens is 342 g/mol. The predicted molar refractivity (Wildman–Crippen MR) is 102 cm³/mol. The molecule has 4 aliphatic rings. The van der Waals surface area contributed by atoms with Gasteiger partial charge in [0.25, 0.3) is 0 Å². The van der Waals surface area contributed by atoms with Crippen molar-refractivity contribution in [2.45, 2.75) is 44.9 Å². The van der Waals surface area contributed by atoms with E-state index in [4.69, 9.17) is 0 Å². The molecule has 1 unspecified atom stereocenters. The lowest BCUT2D eigenvalue weighted by molar-refractivity contribution is -0.137. The van der Waals surface area contributed by atoms with Crippen LogP contribution in [0, 0.1) is 17.8 Å². The van der Waals surface area contributed by atoms with Gasteiger partial charge in [-0.05, 0) is 44.4 Å². The van der Waals surface area contributed by atoms with Crippen molar-refractivity contribution >= 4 is 17.7 Å². The van der Waals surface area contributed by atoms with Gasteiger partial charge in [0.05, 0.1) is 5.92 Å². The van der Waals surface area contributed by atoms with Gasteiger partial charge in [-0.1, -0.05) is 12.2 Å². The molecule has 0 bridgehead atoms. The highest BCUT2D eigenvalue weighted by molar-refractivity contribution is 5.89. The standard InChI is InChI=1S/C21H31N3O3/c25-19-13-18(21(27)22-9-3-4-10-22)15-24(19)14-16-7-11-23(12-8-16)20(26)17-5-1-2-6-17/h1-2,16-18H,3-15H2. The summed E-state index contributed by atoms with van der Waals surface area (Å²) in [6, 6.07) is 0. The van der Waals surface area contributed by atoms with Crippen LogP contribution in [0.5, 0.6) is 0 Å². The van der Waals surface area contributed by atoms with Crippen molar-refractivity contribution in [2.24, 2.45) is 17.8 Å². The van der Waals surface area contributed by atoms with E-state index < -0.39 is 0 Å². The van der Waals surface area contributed by atoms with Gasteiger partial charge in [0, 0.05) is 51.6 Å². The lowest BCUT2D eigenvalue weighted by atomic mass is 9.94. The fraction of sp³-hybridized carbons (Fsp3) is 0.762. The zero-order valence-electron chi connectivity index (χ0n) is 16.1. The van der Waals surface area contributed by atoms with Crippen LogP contribution in [0.25, 0.3) is 0 Å². The third kappa shape index (κ3) is 4.04. The van der Waals surface area contributed by atoms with Crippen molar-refractivity contribution in [1.29, 1.82) is 0 Å². The largest absolute Gasteiger partial charge is 0.342 e. The van der Waals surface area contributed by atoms with Gasteiger partial charge >= 0.3 is 0 Å². The average molecular weight is 373 g/mol. The molecular formula is C21H31N3O3. The zero-order valence-corrected chi connectivity index (χ0v) is 16.1. The Morgan fingerprint density at radius 2 is 1.48 bits per heavy atom. The molecule has 0 N–H and O–H groups in total. The fourth-order valence-corrected chi connectivity index (χ4v) is 5.03. The van der Waals surface area contributed by atoms with Gasteiger partial charge in [-0.2, -0.15) is 0 Å². The van der Waals surface area contributed by atoms with E-state index in [1.54, 1.807) is 0 Å². The molecule has 27 heavy (non-hydrogen) atoms. The lowest BCUT2D eigenvalue weighted by Crippen LogP contribution is -2.44. The van der Waals surface area contributed by atoms with E-state index in [0.717, 1.165) is 71.2 Å². The second-order valence-corrected chi connectivity index (χ2v) is 8.64. The fourth-order valence-electron chi connectivity index (χ4n) is 5.03. The summed E-state index contributed by atoms with van der Waals surface area (Å²) in [6.45, 7) is 4.64.